The Kier molecular flexibility index (Phi) is 4.97. The van der Waals surface area contributed by atoms with Crippen molar-refractivity contribution in [3.05, 3.63) is 46.5 Å². The molecule has 0 saturated carbocycles. The molecule has 2 aromatic heterocycles. The molecule has 0 aliphatic carbocycles. The van der Waals surface area contributed by atoms with Crippen molar-refractivity contribution in [2.24, 2.45) is 13.0 Å². The first-order chi connectivity index (χ1) is 12.1. The van der Waals surface area contributed by atoms with Gasteiger partial charge in [0.25, 0.3) is 11.5 Å². The topological polar surface area (TPSA) is 92.2 Å². The number of aryl methyl sites for hydroxylation is 1. The molecule has 1 saturated heterocycles. The molecule has 0 spiro atoms. The monoisotopic (exact) mass is 342 g/mol. The van der Waals surface area contributed by atoms with Gasteiger partial charge < -0.3 is 15.5 Å². The SMILES string of the molecule is CNc1ncccc1C(=O)NCC1CCN(c2cnn(C)c(=O)c2)C1. The average molecular weight is 342 g/mol. The summed E-state index contributed by atoms with van der Waals surface area (Å²) in [5.74, 6) is 0.771. The maximum absolute atomic E-state index is 12.4. The summed E-state index contributed by atoms with van der Waals surface area (Å²) in [6, 6.07) is 5.10. The van der Waals surface area contributed by atoms with Gasteiger partial charge in [0.05, 0.1) is 17.4 Å². The molecule has 3 heterocycles. The second-order valence-electron chi connectivity index (χ2n) is 6.14. The number of nitrogens with zero attached hydrogens (tertiary/aromatic N) is 4. The summed E-state index contributed by atoms with van der Waals surface area (Å²) in [6.07, 6.45) is 4.31. The van der Waals surface area contributed by atoms with E-state index < -0.39 is 0 Å². The standard InChI is InChI=1S/C17H22N6O2/c1-18-16-14(4-3-6-19-16)17(25)20-9-12-5-7-23(11-12)13-8-15(24)22(2)21-10-13/h3-4,6,8,10,12H,5,7,9,11H2,1-2H3,(H,18,19)(H,20,25). The molecule has 1 fully saturated rings. The van der Waals surface area contributed by atoms with Crippen LogP contribution in [0.15, 0.2) is 35.4 Å². The van der Waals surface area contributed by atoms with Crippen molar-refractivity contribution in [3.63, 3.8) is 0 Å². The lowest BCUT2D eigenvalue weighted by Gasteiger charge is -2.18. The Bertz CT molecular complexity index is 819. The number of rotatable bonds is 5. The van der Waals surface area contributed by atoms with Gasteiger partial charge in [0.15, 0.2) is 0 Å². The highest BCUT2D eigenvalue weighted by molar-refractivity contribution is 5.98. The molecule has 0 radical (unpaired) electrons. The van der Waals surface area contributed by atoms with E-state index in [0.29, 0.717) is 23.8 Å². The Balaban J connectivity index is 1.57. The number of hydrogen-bond acceptors (Lipinski definition) is 6. The predicted molar refractivity (Wildman–Crippen MR) is 95.9 cm³/mol. The van der Waals surface area contributed by atoms with E-state index in [0.717, 1.165) is 25.2 Å². The zero-order chi connectivity index (χ0) is 17.8. The fourth-order valence-corrected chi connectivity index (χ4v) is 2.99. The highest BCUT2D eigenvalue weighted by atomic mass is 16.1. The maximum Gasteiger partial charge on any atom is 0.268 e. The summed E-state index contributed by atoms with van der Waals surface area (Å²) in [4.78, 5) is 30.4. The van der Waals surface area contributed by atoms with E-state index in [2.05, 4.69) is 25.6 Å². The average Bonchev–Trinajstić information content (AvgIpc) is 3.11. The first-order valence-corrected chi connectivity index (χ1v) is 8.27. The maximum atomic E-state index is 12.4. The van der Waals surface area contributed by atoms with Crippen LogP contribution < -0.4 is 21.1 Å². The number of pyridine rings is 1. The van der Waals surface area contributed by atoms with Crippen molar-refractivity contribution >= 4 is 17.4 Å². The van der Waals surface area contributed by atoms with Gasteiger partial charge in [0, 0.05) is 46.0 Å². The minimum Gasteiger partial charge on any atom is -0.372 e. The van der Waals surface area contributed by atoms with Gasteiger partial charge in [-0.25, -0.2) is 9.67 Å². The summed E-state index contributed by atoms with van der Waals surface area (Å²) < 4.78 is 1.31. The molecule has 8 heteroatoms. The third-order valence-corrected chi connectivity index (χ3v) is 4.44. The molecular weight excluding hydrogens is 320 g/mol. The van der Waals surface area contributed by atoms with E-state index in [1.807, 2.05) is 0 Å². The van der Waals surface area contributed by atoms with E-state index in [9.17, 15) is 9.59 Å². The fourth-order valence-electron chi connectivity index (χ4n) is 2.99. The van der Waals surface area contributed by atoms with Crippen molar-refractivity contribution in [2.75, 3.05) is 36.9 Å². The van der Waals surface area contributed by atoms with Crippen LogP contribution in [0.3, 0.4) is 0 Å². The van der Waals surface area contributed by atoms with Crippen LogP contribution in [-0.2, 0) is 7.05 Å². The Labute approximate surface area is 145 Å². The van der Waals surface area contributed by atoms with Gasteiger partial charge >= 0.3 is 0 Å². The first-order valence-electron chi connectivity index (χ1n) is 8.27. The van der Waals surface area contributed by atoms with Crippen LogP contribution in [0.1, 0.15) is 16.8 Å². The number of hydrogen-bond donors (Lipinski definition) is 2. The van der Waals surface area contributed by atoms with Crippen LogP contribution in [-0.4, -0.2) is 47.4 Å². The Morgan fingerprint density at radius 1 is 1.44 bits per heavy atom. The molecule has 25 heavy (non-hydrogen) atoms. The molecule has 1 amide bonds. The number of aromatic nitrogens is 3. The van der Waals surface area contributed by atoms with Crippen LogP contribution in [0.4, 0.5) is 11.5 Å². The Morgan fingerprint density at radius 2 is 2.28 bits per heavy atom. The van der Waals surface area contributed by atoms with Crippen molar-refractivity contribution in [1.82, 2.24) is 20.1 Å². The van der Waals surface area contributed by atoms with Gasteiger partial charge in [-0.2, -0.15) is 5.10 Å². The first kappa shape index (κ1) is 16.9. The van der Waals surface area contributed by atoms with E-state index in [1.54, 1.807) is 44.7 Å². The molecule has 1 aliphatic rings. The molecule has 1 atom stereocenters. The van der Waals surface area contributed by atoms with E-state index in [4.69, 9.17) is 0 Å². The molecular formula is C17H22N6O2. The highest BCUT2D eigenvalue weighted by Gasteiger charge is 2.24. The van der Waals surface area contributed by atoms with Crippen LogP contribution >= 0.6 is 0 Å². The van der Waals surface area contributed by atoms with Gasteiger partial charge in [0.1, 0.15) is 5.82 Å². The molecule has 2 aromatic rings. The van der Waals surface area contributed by atoms with E-state index in [-0.39, 0.29) is 11.5 Å². The van der Waals surface area contributed by atoms with Gasteiger partial charge in [-0.05, 0) is 24.5 Å². The molecule has 8 nitrogen and oxygen atoms in total. The highest BCUT2D eigenvalue weighted by Crippen LogP contribution is 2.21. The zero-order valence-corrected chi connectivity index (χ0v) is 14.4. The third kappa shape index (κ3) is 3.78. The van der Waals surface area contributed by atoms with Gasteiger partial charge in [-0.15, -0.1) is 0 Å². The van der Waals surface area contributed by atoms with Crippen molar-refractivity contribution in [2.45, 2.75) is 6.42 Å². The quantitative estimate of drug-likeness (QED) is 0.821. The Morgan fingerprint density at radius 3 is 3.04 bits per heavy atom. The van der Waals surface area contributed by atoms with Crippen molar-refractivity contribution < 1.29 is 4.79 Å². The smallest absolute Gasteiger partial charge is 0.268 e. The van der Waals surface area contributed by atoms with E-state index >= 15 is 0 Å². The molecule has 1 aliphatic heterocycles. The number of anilines is 2. The molecule has 132 valence electrons. The normalized spacial score (nSPS) is 16.7. The summed E-state index contributed by atoms with van der Waals surface area (Å²) in [6.45, 7) is 2.23. The van der Waals surface area contributed by atoms with Crippen LogP contribution in [0, 0.1) is 5.92 Å². The molecule has 1 unspecified atom stereocenters. The summed E-state index contributed by atoms with van der Waals surface area (Å²) in [5, 5.41) is 9.97. The summed E-state index contributed by atoms with van der Waals surface area (Å²) in [7, 11) is 3.37. The Hall–Kier alpha value is -2.90. The predicted octanol–water partition coefficient (Wildman–Crippen LogP) is 0.473. The lowest BCUT2D eigenvalue weighted by atomic mass is 10.1. The second kappa shape index (κ2) is 7.33. The summed E-state index contributed by atoms with van der Waals surface area (Å²) >= 11 is 0. The largest absolute Gasteiger partial charge is 0.372 e. The molecule has 0 aromatic carbocycles. The molecule has 0 bridgehead atoms. The fraction of sp³-hybridized carbons (Fsp3) is 0.412. The number of amides is 1. The van der Waals surface area contributed by atoms with Gasteiger partial charge in [-0.1, -0.05) is 0 Å². The third-order valence-electron chi connectivity index (χ3n) is 4.44. The zero-order valence-electron chi connectivity index (χ0n) is 14.4. The van der Waals surface area contributed by atoms with Gasteiger partial charge in [0.2, 0.25) is 0 Å². The van der Waals surface area contributed by atoms with Crippen LogP contribution in [0.25, 0.3) is 0 Å². The van der Waals surface area contributed by atoms with Crippen LogP contribution in [0.5, 0.6) is 0 Å². The number of carbonyl (C=O) groups is 1. The summed E-state index contributed by atoms with van der Waals surface area (Å²) in [5.41, 5.74) is 1.25. The molecule has 3 rings (SSSR count). The molecule has 2 N–H and O–H groups in total. The van der Waals surface area contributed by atoms with Crippen LogP contribution in [0.2, 0.25) is 0 Å². The van der Waals surface area contributed by atoms with Crippen molar-refractivity contribution in [3.8, 4) is 0 Å². The van der Waals surface area contributed by atoms with E-state index in [1.165, 1.54) is 4.68 Å². The minimum absolute atomic E-state index is 0.120. The lowest BCUT2D eigenvalue weighted by Crippen LogP contribution is -2.32. The number of nitrogens with one attached hydrogen (secondary N) is 2. The van der Waals surface area contributed by atoms with Crippen molar-refractivity contribution in [1.29, 1.82) is 0 Å². The number of carbonyl (C=O) groups excluding carboxylic acids is 1. The minimum atomic E-state index is -0.133. The second-order valence-corrected chi connectivity index (χ2v) is 6.14. The lowest BCUT2D eigenvalue weighted by molar-refractivity contribution is 0.0949. The van der Waals surface area contributed by atoms with Gasteiger partial charge in [-0.3, -0.25) is 9.59 Å².